The van der Waals surface area contributed by atoms with E-state index in [1.54, 1.807) is 6.08 Å². The van der Waals surface area contributed by atoms with Crippen LogP contribution in [0.4, 0.5) is 0 Å². The van der Waals surface area contributed by atoms with Crippen LogP contribution in [0.2, 0.25) is 0 Å². The van der Waals surface area contributed by atoms with Crippen LogP contribution in [0.25, 0.3) is 0 Å². The second-order valence-corrected chi connectivity index (χ2v) is 15.1. The van der Waals surface area contributed by atoms with Crippen molar-refractivity contribution in [2.24, 2.45) is 0 Å². The molecule has 51 heavy (non-hydrogen) atoms. The summed E-state index contributed by atoms with van der Waals surface area (Å²) in [6, 6.07) is -0.796. The van der Waals surface area contributed by atoms with Crippen LogP contribution in [0, 0.1) is 0 Å². The zero-order valence-electron chi connectivity index (χ0n) is 32.9. The fourth-order valence-electron chi connectivity index (χ4n) is 6.86. The zero-order valence-corrected chi connectivity index (χ0v) is 32.9. The van der Waals surface area contributed by atoms with Crippen LogP contribution in [0.3, 0.4) is 0 Å². The molecule has 0 aromatic rings. The number of ether oxygens (including phenoxy) is 2. The van der Waals surface area contributed by atoms with Crippen LogP contribution >= 0.6 is 0 Å². The SMILES string of the molecule is CCCCCCCCCCC/C=C/[C@@H](O)[C@H](CO[C@@H]1O[C@H](CO)[C@@H](O)[C@H](O)[C@H]1O)NC(=O)CCCCCCCCCCCCCCCCCCC. The van der Waals surface area contributed by atoms with E-state index < -0.39 is 49.5 Å². The lowest BCUT2D eigenvalue weighted by molar-refractivity contribution is -0.302. The molecular weight excluding hydrogens is 646 g/mol. The summed E-state index contributed by atoms with van der Waals surface area (Å²) in [7, 11) is 0. The van der Waals surface area contributed by atoms with Gasteiger partial charge in [-0.05, 0) is 19.3 Å². The first-order valence-corrected chi connectivity index (χ1v) is 21.4. The van der Waals surface area contributed by atoms with Gasteiger partial charge in [-0.1, -0.05) is 180 Å². The van der Waals surface area contributed by atoms with Crippen molar-refractivity contribution in [3.63, 3.8) is 0 Å². The highest BCUT2D eigenvalue weighted by Crippen LogP contribution is 2.22. The normalized spacial score (nSPS) is 22.1. The fraction of sp³-hybridized carbons (Fsp3) is 0.929. The molecule has 0 aromatic heterocycles. The van der Waals surface area contributed by atoms with Gasteiger partial charge in [-0.2, -0.15) is 0 Å². The summed E-state index contributed by atoms with van der Waals surface area (Å²) in [4.78, 5) is 12.9. The molecule has 0 bridgehead atoms. The van der Waals surface area contributed by atoms with E-state index in [1.165, 1.54) is 135 Å². The number of amides is 1. The molecule has 1 heterocycles. The Bertz CT molecular complexity index is 812. The van der Waals surface area contributed by atoms with Crippen LogP contribution in [0.15, 0.2) is 12.2 Å². The summed E-state index contributed by atoms with van der Waals surface area (Å²) in [5.41, 5.74) is 0. The molecule has 1 saturated heterocycles. The number of hydrogen-bond acceptors (Lipinski definition) is 8. The average molecular weight is 728 g/mol. The summed E-state index contributed by atoms with van der Waals surface area (Å²) in [5, 5.41) is 54.0. The molecule has 0 spiro atoms. The lowest BCUT2D eigenvalue weighted by atomic mass is 9.99. The van der Waals surface area contributed by atoms with Crippen LogP contribution < -0.4 is 5.32 Å². The van der Waals surface area contributed by atoms with E-state index in [-0.39, 0.29) is 12.5 Å². The summed E-state index contributed by atoms with van der Waals surface area (Å²) in [6.07, 6.45) is 29.7. The number of rotatable bonds is 35. The smallest absolute Gasteiger partial charge is 0.220 e. The van der Waals surface area contributed by atoms with Crippen molar-refractivity contribution >= 4 is 5.91 Å². The predicted octanol–water partition coefficient (Wildman–Crippen LogP) is 8.17. The van der Waals surface area contributed by atoms with Gasteiger partial charge in [0.1, 0.15) is 24.4 Å². The van der Waals surface area contributed by atoms with Gasteiger partial charge in [0.2, 0.25) is 5.91 Å². The fourth-order valence-corrected chi connectivity index (χ4v) is 6.86. The summed E-state index contributed by atoms with van der Waals surface area (Å²) >= 11 is 0. The Morgan fingerprint density at radius 3 is 1.53 bits per heavy atom. The third-order valence-electron chi connectivity index (χ3n) is 10.4. The van der Waals surface area contributed by atoms with Gasteiger partial charge < -0.3 is 40.3 Å². The minimum atomic E-state index is -1.56. The van der Waals surface area contributed by atoms with E-state index in [1.807, 2.05) is 6.08 Å². The van der Waals surface area contributed by atoms with E-state index in [2.05, 4.69) is 19.2 Å². The molecule has 1 fully saturated rings. The summed E-state index contributed by atoms with van der Waals surface area (Å²) in [6.45, 7) is 3.76. The average Bonchev–Trinajstić information content (AvgIpc) is 3.13. The molecule has 0 aliphatic carbocycles. The molecule has 1 amide bonds. The van der Waals surface area contributed by atoms with Gasteiger partial charge >= 0.3 is 0 Å². The molecule has 7 atom stereocenters. The molecule has 0 aromatic carbocycles. The molecule has 0 unspecified atom stereocenters. The van der Waals surface area contributed by atoms with Crippen molar-refractivity contribution in [2.75, 3.05) is 13.2 Å². The van der Waals surface area contributed by atoms with E-state index in [4.69, 9.17) is 9.47 Å². The standard InChI is InChI=1S/C42H81NO8/c1-3-5-7-9-11-13-15-16-17-18-19-20-22-24-26-28-30-32-38(46)43-35(34-50-42-41(49)40(48)39(47)37(33-44)51-42)36(45)31-29-27-25-23-21-14-12-10-8-6-4-2/h29,31,35-37,39-42,44-45,47-49H,3-28,30,32-34H2,1-2H3,(H,43,46)/b31-29+/t35-,36+,37+,39+,40-,41+,42+/m0/s1. The van der Waals surface area contributed by atoms with Crippen LogP contribution in [-0.4, -0.2) is 87.5 Å². The third-order valence-corrected chi connectivity index (χ3v) is 10.4. The number of aliphatic hydroxyl groups is 5. The van der Waals surface area contributed by atoms with Crippen molar-refractivity contribution in [2.45, 2.75) is 236 Å². The van der Waals surface area contributed by atoms with Gasteiger partial charge in [-0.3, -0.25) is 4.79 Å². The highest BCUT2D eigenvalue weighted by atomic mass is 16.7. The molecule has 1 rings (SSSR count). The maximum atomic E-state index is 12.9. The van der Waals surface area contributed by atoms with Crippen molar-refractivity contribution in [1.82, 2.24) is 5.32 Å². The van der Waals surface area contributed by atoms with E-state index in [9.17, 15) is 30.3 Å². The van der Waals surface area contributed by atoms with E-state index in [0.29, 0.717) is 6.42 Å². The van der Waals surface area contributed by atoms with Crippen LogP contribution in [-0.2, 0) is 14.3 Å². The molecule has 6 N–H and O–H groups in total. The number of allylic oxidation sites excluding steroid dienone is 1. The first-order chi connectivity index (χ1) is 24.8. The first kappa shape index (κ1) is 48.0. The number of unbranched alkanes of at least 4 members (excludes halogenated alkanes) is 25. The monoisotopic (exact) mass is 728 g/mol. The van der Waals surface area contributed by atoms with Gasteiger partial charge in [0.15, 0.2) is 6.29 Å². The Morgan fingerprint density at radius 2 is 1.08 bits per heavy atom. The Kier molecular flexibility index (Phi) is 31.5. The molecule has 1 aliphatic heterocycles. The Labute approximate surface area is 312 Å². The molecule has 0 saturated carbocycles. The van der Waals surface area contributed by atoms with Gasteiger partial charge in [-0.15, -0.1) is 0 Å². The number of nitrogens with one attached hydrogen (secondary N) is 1. The van der Waals surface area contributed by atoms with Crippen LogP contribution in [0.1, 0.15) is 194 Å². The Balaban J connectivity index is 2.36. The first-order valence-electron chi connectivity index (χ1n) is 21.4. The van der Waals surface area contributed by atoms with Crippen molar-refractivity contribution in [3.8, 4) is 0 Å². The summed E-state index contributed by atoms with van der Waals surface area (Å²) < 4.78 is 11.2. The van der Waals surface area contributed by atoms with Crippen molar-refractivity contribution in [3.05, 3.63) is 12.2 Å². The van der Waals surface area contributed by atoms with Crippen LogP contribution in [0.5, 0.6) is 0 Å². The molecular formula is C42H81NO8. The molecule has 0 radical (unpaired) electrons. The largest absolute Gasteiger partial charge is 0.394 e. The zero-order chi connectivity index (χ0) is 37.4. The number of aliphatic hydroxyl groups excluding tert-OH is 5. The van der Waals surface area contributed by atoms with Gasteiger partial charge in [0.05, 0.1) is 25.4 Å². The minimum Gasteiger partial charge on any atom is -0.394 e. The number of carbonyl (C=O) groups is 1. The van der Waals surface area contributed by atoms with Gasteiger partial charge in [-0.25, -0.2) is 0 Å². The maximum Gasteiger partial charge on any atom is 0.220 e. The van der Waals surface area contributed by atoms with Gasteiger partial charge in [0, 0.05) is 6.42 Å². The Hall–Kier alpha value is -1.07. The molecule has 9 heteroatoms. The molecule has 9 nitrogen and oxygen atoms in total. The van der Waals surface area contributed by atoms with Crippen molar-refractivity contribution < 1.29 is 39.8 Å². The Morgan fingerprint density at radius 1 is 0.647 bits per heavy atom. The number of hydrogen-bond donors (Lipinski definition) is 6. The van der Waals surface area contributed by atoms with Gasteiger partial charge in [0.25, 0.3) is 0 Å². The lowest BCUT2D eigenvalue weighted by Gasteiger charge is -2.40. The topological polar surface area (TPSA) is 149 Å². The maximum absolute atomic E-state index is 12.9. The second-order valence-electron chi connectivity index (χ2n) is 15.1. The lowest BCUT2D eigenvalue weighted by Crippen LogP contribution is -2.60. The third kappa shape index (κ3) is 24.8. The predicted molar refractivity (Wildman–Crippen MR) is 207 cm³/mol. The molecule has 1 aliphatic rings. The molecule has 302 valence electrons. The van der Waals surface area contributed by atoms with E-state index >= 15 is 0 Å². The second kappa shape index (κ2) is 33.5. The van der Waals surface area contributed by atoms with E-state index in [0.717, 1.165) is 38.5 Å². The quantitative estimate of drug-likeness (QED) is 0.0283. The highest BCUT2D eigenvalue weighted by Gasteiger charge is 2.44. The number of carbonyl (C=O) groups excluding carboxylic acids is 1. The van der Waals surface area contributed by atoms with Crippen molar-refractivity contribution in [1.29, 1.82) is 0 Å². The highest BCUT2D eigenvalue weighted by molar-refractivity contribution is 5.76. The summed E-state index contributed by atoms with van der Waals surface area (Å²) in [5.74, 6) is -0.176. The minimum absolute atomic E-state index is 0.176.